The number of carbonyl (C=O) groups is 2. The van der Waals surface area contributed by atoms with Crippen molar-refractivity contribution in [2.45, 2.75) is 19.6 Å². The van der Waals surface area contributed by atoms with Crippen molar-refractivity contribution in [1.82, 2.24) is 15.2 Å². The maximum Gasteiger partial charge on any atom is 0.326 e. The molecule has 29 heavy (non-hydrogen) atoms. The number of fused-ring (bicyclic) bond motifs is 1. The lowest BCUT2D eigenvalue weighted by molar-refractivity contribution is 0.0950. The summed E-state index contributed by atoms with van der Waals surface area (Å²) < 4.78 is 13.1. The smallest absolute Gasteiger partial charge is 0.326 e. The second-order valence-corrected chi connectivity index (χ2v) is 7.84. The van der Waals surface area contributed by atoms with E-state index in [2.05, 4.69) is 10.3 Å². The van der Waals surface area contributed by atoms with Gasteiger partial charge in [0.05, 0.1) is 11.4 Å². The van der Waals surface area contributed by atoms with Crippen LogP contribution in [0, 0.1) is 5.82 Å². The third-order valence-electron chi connectivity index (χ3n) is 4.66. The van der Waals surface area contributed by atoms with Crippen LogP contribution in [-0.2, 0) is 19.6 Å². The van der Waals surface area contributed by atoms with Gasteiger partial charge in [0.15, 0.2) is 10.8 Å². The van der Waals surface area contributed by atoms with E-state index < -0.39 is 0 Å². The first kappa shape index (κ1) is 19.1. The van der Waals surface area contributed by atoms with Gasteiger partial charge in [0, 0.05) is 20.1 Å². The van der Waals surface area contributed by atoms with Gasteiger partial charge in [-0.1, -0.05) is 42.5 Å². The first-order valence-corrected chi connectivity index (χ1v) is 9.92. The zero-order valence-electron chi connectivity index (χ0n) is 15.8. The average Bonchev–Trinajstić information content (AvgIpc) is 3.17. The summed E-state index contributed by atoms with van der Waals surface area (Å²) in [5, 5.41) is 3.19. The van der Waals surface area contributed by atoms with Crippen molar-refractivity contribution in [1.29, 1.82) is 0 Å². The Hall–Kier alpha value is -3.26. The summed E-state index contributed by atoms with van der Waals surface area (Å²) in [6.45, 7) is 1.13. The quantitative estimate of drug-likeness (QED) is 0.696. The average molecular weight is 410 g/mol. The molecule has 0 saturated heterocycles. The molecule has 1 aromatic heterocycles. The van der Waals surface area contributed by atoms with Gasteiger partial charge in [0.1, 0.15) is 5.82 Å². The van der Waals surface area contributed by atoms with Gasteiger partial charge in [-0.25, -0.2) is 14.2 Å². The molecular formula is C21H19FN4O2S. The third-order valence-corrected chi connectivity index (χ3v) is 5.69. The van der Waals surface area contributed by atoms with Gasteiger partial charge in [-0.05, 0) is 23.3 Å². The summed E-state index contributed by atoms with van der Waals surface area (Å²) in [5.41, 5.74) is 1.84. The molecule has 2 aromatic carbocycles. The fraction of sp³-hybridized carbons (Fsp3) is 0.190. The van der Waals surface area contributed by atoms with Gasteiger partial charge in [0.25, 0.3) is 5.91 Å². The molecule has 1 N–H and O–H groups in total. The molecule has 0 fully saturated rings. The lowest BCUT2D eigenvalue weighted by Crippen LogP contribution is -2.44. The Balaban J connectivity index is 1.47. The zero-order chi connectivity index (χ0) is 20.4. The molecule has 0 radical (unpaired) electrons. The Kier molecular flexibility index (Phi) is 5.26. The summed E-state index contributed by atoms with van der Waals surface area (Å²) in [6, 6.07) is 15.5. The lowest BCUT2D eigenvalue weighted by Gasteiger charge is -2.32. The molecule has 3 aromatic rings. The van der Waals surface area contributed by atoms with Crippen molar-refractivity contribution in [3.05, 3.63) is 81.4 Å². The highest BCUT2D eigenvalue weighted by Gasteiger charge is 2.32. The van der Waals surface area contributed by atoms with Crippen molar-refractivity contribution in [2.75, 3.05) is 11.9 Å². The molecule has 2 heterocycles. The van der Waals surface area contributed by atoms with E-state index in [1.807, 2.05) is 30.3 Å². The highest BCUT2D eigenvalue weighted by Crippen LogP contribution is 2.32. The van der Waals surface area contributed by atoms with Crippen LogP contribution in [0.5, 0.6) is 0 Å². The molecule has 0 saturated carbocycles. The normalized spacial score (nSPS) is 13.4. The monoisotopic (exact) mass is 410 g/mol. The Morgan fingerprint density at radius 3 is 2.59 bits per heavy atom. The number of thiazole rings is 1. The third kappa shape index (κ3) is 4.12. The number of rotatable bonds is 5. The maximum atomic E-state index is 13.1. The van der Waals surface area contributed by atoms with Gasteiger partial charge >= 0.3 is 6.03 Å². The van der Waals surface area contributed by atoms with Gasteiger partial charge in [-0.3, -0.25) is 9.69 Å². The number of hydrogen-bond donors (Lipinski definition) is 1. The molecule has 0 spiro atoms. The van der Waals surface area contributed by atoms with Crippen LogP contribution < -0.4 is 10.2 Å². The molecule has 3 amide bonds. The molecule has 4 rings (SSSR count). The number of amides is 3. The number of nitrogens with zero attached hydrogens (tertiary/aromatic N) is 3. The molecular weight excluding hydrogens is 391 g/mol. The highest BCUT2D eigenvalue weighted by atomic mass is 32.1. The fourth-order valence-corrected chi connectivity index (χ4v) is 4.16. The summed E-state index contributed by atoms with van der Waals surface area (Å²) in [6.07, 6.45) is 0. The van der Waals surface area contributed by atoms with E-state index in [1.54, 1.807) is 24.1 Å². The van der Waals surface area contributed by atoms with Crippen molar-refractivity contribution in [3.63, 3.8) is 0 Å². The van der Waals surface area contributed by atoms with E-state index in [4.69, 9.17) is 0 Å². The van der Waals surface area contributed by atoms with E-state index in [0.29, 0.717) is 30.5 Å². The van der Waals surface area contributed by atoms with Crippen LogP contribution in [0.1, 0.15) is 25.8 Å². The Morgan fingerprint density at radius 1 is 1.14 bits per heavy atom. The second-order valence-electron chi connectivity index (χ2n) is 6.76. The van der Waals surface area contributed by atoms with Crippen molar-refractivity contribution in [3.8, 4) is 0 Å². The van der Waals surface area contributed by atoms with Crippen LogP contribution in [0.3, 0.4) is 0 Å². The van der Waals surface area contributed by atoms with E-state index in [1.165, 1.54) is 28.4 Å². The summed E-state index contributed by atoms with van der Waals surface area (Å²) in [4.78, 5) is 33.5. The largest absolute Gasteiger partial charge is 0.346 e. The SMILES string of the molecule is CN1C(=O)N(Cc2ccc(F)cc2)Cc2sc(C(=O)NCc3ccccc3)nc21. The standard InChI is InChI=1S/C21H19FN4O2S/c1-25-18-17(13-26(21(25)28)12-15-7-9-16(22)10-8-15)29-20(24-18)19(27)23-11-14-5-3-2-4-6-14/h2-10H,11-13H2,1H3,(H,23,27). The molecule has 0 atom stereocenters. The minimum absolute atomic E-state index is 0.205. The van der Waals surface area contributed by atoms with Gasteiger partial charge < -0.3 is 10.2 Å². The van der Waals surface area contributed by atoms with E-state index in [0.717, 1.165) is 16.0 Å². The Morgan fingerprint density at radius 2 is 1.86 bits per heavy atom. The van der Waals surface area contributed by atoms with E-state index in [9.17, 15) is 14.0 Å². The fourth-order valence-electron chi connectivity index (χ4n) is 3.14. The number of halogens is 1. The first-order valence-electron chi connectivity index (χ1n) is 9.10. The second kappa shape index (κ2) is 8.00. The number of carbonyl (C=O) groups excluding carboxylic acids is 2. The predicted molar refractivity (Wildman–Crippen MR) is 109 cm³/mol. The molecule has 1 aliphatic rings. The lowest BCUT2D eigenvalue weighted by atomic mass is 10.2. The molecule has 0 bridgehead atoms. The van der Waals surface area contributed by atoms with Crippen LogP contribution in [0.25, 0.3) is 0 Å². The number of aromatic nitrogens is 1. The van der Waals surface area contributed by atoms with Gasteiger partial charge in [-0.15, -0.1) is 11.3 Å². The number of anilines is 1. The highest BCUT2D eigenvalue weighted by molar-refractivity contribution is 7.14. The molecule has 8 heteroatoms. The number of benzene rings is 2. The molecule has 6 nitrogen and oxygen atoms in total. The first-order chi connectivity index (χ1) is 14.0. The Bertz CT molecular complexity index is 1040. The summed E-state index contributed by atoms with van der Waals surface area (Å²) in [5.74, 6) is -0.0638. The molecule has 0 aliphatic carbocycles. The minimum atomic E-state index is -0.313. The zero-order valence-corrected chi connectivity index (χ0v) is 16.6. The van der Waals surface area contributed by atoms with Gasteiger partial charge in [-0.2, -0.15) is 0 Å². The van der Waals surface area contributed by atoms with Crippen molar-refractivity contribution < 1.29 is 14.0 Å². The van der Waals surface area contributed by atoms with Crippen LogP contribution in [-0.4, -0.2) is 28.9 Å². The van der Waals surface area contributed by atoms with Crippen molar-refractivity contribution in [2.24, 2.45) is 0 Å². The molecule has 1 aliphatic heterocycles. The van der Waals surface area contributed by atoms with E-state index >= 15 is 0 Å². The maximum absolute atomic E-state index is 13.1. The molecule has 0 unspecified atom stereocenters. The van der Waals surface area contributed by atoms with Crippen LogP contribution >= 0.6 is 11.3 Å². The Labute approximate surface area is 171 Å². The van der Waals surface area contributed by atoms with Gasteiger partial charge in [0.2, 0.25) is 0 Å². The summed E-state index contributed by atoms with van der Waals surface area (Å²) >= 11 is 1.28. The predicted octanol–water partition coefficient (Wildman–Crippen LogP) is 3.78. The van der Waals surface area contributed by atoms with Crippen LogP contribution in [0.2, 0.25) is 0 Å². The van der Waals surface area contributed by atoms with E-state index in [-0.39, 0.29) is 17.8 Å². The number of urea groups is 1. The molecule has 148 valence electrons. The van der Waals surface area contributed by atoms with Crippen LogP contribution in [0.4, 0.5) is 15.0 Å². The van der Waals surface area contributed by atoms with Crippen molar-refractivity contribution >= 4 is 29.1 Å². The number of hydrogen-bond acceptors (Lipinski definition) is 4. The van der Waals surface area contributed by atoms with Crippen LogP contribution in [0.15, 0.2) is 54.6 Å². The number of nitrogens with one attached hydrogen (secondary N) is 1. The minimum Gasteiger partial charge on any atom is -0.346 e. The summed E-state index contributed by atoms with van der Waals surface area (Å²) in [7, 11) is 1.64. The topological polar surface area (TPSA) is 65.5 Å².